The molecule has 0 heterocycles. The van der Waals surface area contributed by atoms with Crippen molar-refractivity contribution in [1.29, 1.82) is 0 Å². The summed E-state index contributed by atoms with van der Waals surface area (Å²) in [6.45, 7) is 8.39. The molecule has 2 radical (unpaired) electrons. The van der Waals surface area contributed by atoms with Crippen LogP contribution in [0.4, 0.5) is 11.4 Å². The second-order valence-electron chi connectivity index (χ2n) is 5.10. The summed E-state index contributed by atoms with van der Waals surface area (Å²) in [4.78, 5) is 0. The normalized spacial score (nSPS) is 10.1. The van der Waals surface area contributed by atoms with Gasteiger partial charge in [-0.3, -0.25) is 0 Å². The van der Waals surface area contributed by atoms with Crippen LogP contribution < -0.4 is 12.4 Å². The van der Waals surface area contributed by atoms with Crippen molar-refractivity contribution < 1.29 is 12.4 Å². The summed E-state index contributed by atoms with van der Waals surface area (Å²) in [5.41, 5.74) is 2.09. The van der Waals surface area contributed by atoms with Gasteiger partial charge in [-0.05, 0) is 10.8 Å². The van der Waals surface area contributed by atoms with Gasteiger partial charge in [0.15, 0.2) is 0 Å². The molecular formula is C16H20ClN2Sb. The Morgan fingerprint density at radius 2 is 1.15 bits per heavy atom. The Morgan fingerprint density at radius 1 is 0.750 bits per heavy atom. The first kappa shape index (κ1) is 19.4. The van der Waals surface area contributed by atoms with E-state index in [0.29, 0.717) is 12.1 Å². The monoisotopic (exact) mass is 396 g/mol. The van der Waals surface area contributed by atoms with E-state index in [0.717, 1.165) is 11.4 Å². The Labute approximate surface area is 145 Å². The molecule has 0 aromatic heterocycles. The average molecular weight is 398 g/mol. The van der Waals surface area contributed by atoms with Crippen LogP contribution in [-0.4, -0.2) is 36.5 Å². The zero-order valence-corrected chi connectivity index (χ0v) is 15.6. The third kappa shape index (κ3) is 4.75. The van der Waals surface area contributed by atoms with E-state index in [4.69, 9.17) is 10.6 Å². The molecule has 2 aromatic rings. The summed E-state index contributed by atoms with van der Waals surface area (Å²) in [5.74, 6) is 0. The summed E-state index contributed by atoms with van der Waals surface area (Å²) >= 11 is 0. The van der Waals surface area contributed by atoms with E-state index >= 15 is 0 Å². The van der Waals surface area contributed by atoms with Gasteiger partial charge in [0, 0.05) is 0 Å². The topological polar surface area (TPSA) is 28.2 Å². The van der Waals surface area contributed by atoms with Gasteiger partial charge < -0.3 is 23.0 Å². The van der Waals surface area contributed by atoms with Crippen molar-refractivity contribution in [3.8, 4) is 0 Å². The molecule has 0 aliphatic rings. The summed E-state index contributed by atoms with van der Waals surface area (Å²) in [6.07, 6.45) is 0. The molecule has 0 unspecified atom stereocenters. The van der Waals surface area contributed by atoms with E-state index in [2.05, 4.69) is 64.1 Å². The zero-order chi connectivity index (χ0) is 13.1. The molecule has 0 bridgehead atoms. The third-order valence-corrected chi connectivity index (χ3v) is 2.66. The van der Waals surface area contributed by atoms with Crippen LogP contribution in [0.25, 0.3) is 21.4 Å². The SMILES string of the molecule is CC(C)[N-]c1cccc2cccc([N-]C(C)C)c12.[Cl-].[Sb+3]. The van der Waals surface area contributed by atoms with E-state index in [-0.39, 0.29) is 36.8 Å². The number of hydrogen-bond donors (Lipinski definition) is 0. The number of fused-ring (bicyclic) bond motifs is 1. The molecule has 0 fully saturated rings. The van der Waals surface area contributed by atoms with E-state index < -0.39 is 0 Å². The Hall–Kier alpha value is -0.592. The van der Waals surface area contributed by atoms with Gasteiger partial charge >= 0.3 is 24.4 Å². The summed E-state index contributed by atoms with van der Waals surface area (Å²) in [6, 6.07) is 13.1. The fourth-order valence-electron chi connectivity index (χ4n) is 2.07. The predicted molar refractivity (Wildman–Crippen MR) is 86.0 cm³/mol. The van der Waals surface area contributed by atoms with Gasteiger partial charge in [-0.15, -0.1) is 23.5 Å². The van der Waals surface area contributed by atoms with Crippen molar-refractivity contribution in [1.82, 2.24) is 0 Å². The number of nitrogens with zero attached hydrogens (tertiary/aromatic N) is 2. The maximum atomic E-state index is 4.70. The van der Waals surface area contributed by atoms with Gasteiger partial charge in [-0.2, -0.15) is 0 Å². The first-order valence-corrected chi connectivity index (χ1v) is 6.51. The van der Waals surface area contributed by atoms with Crippen molar-refractivity contribution in [2.24, 2.45) is 0 Å². The van der Waals surface area contributed by atoms with E-state index in [1.807, 2.05) is 0 Å². The first-order valence-electron chi connectivity index (χ1n) is 6.51. The molecule has 4 heteroatoms. The van der Waals surface area contributed by atoms with Gasteiger partial charge in [0.1, 0.15) is 0 Å². The molecule has 0 N–H and O–H groups in total. The summed E-state index contributed by atoms with van der Waals surface area (Å²) in [7, 11) is 0. The van der Waals surface area contributed by atoms with Crippen LogP contribution >= 0.6 is 0 Å². The minimum Gasteiger partial charge on any atom is -1.00 e. The maximum absolute atomic E-state index is 4.70. The molecule has 20 heavy (non-hydrogen) atoms. The van der Waals surface area contributed by atoms with Crippen molar-refractivity contribution in [2.45, 2.75) is 39.8 Å². The minimum absolute atomic E-state index is 0. The number of halogens is 1. The average Bonchev–Trinajstić information content (AvgIpc) is 2.27. The zero-order valence-electron chi connectivity index (χ0n) is 12.3. The molecule has 0 amide bonds. The number of rotatable bonds is 4. The molecule has 106 valence electrons. The molecule has 2 nitrogen and oxygen atoms in total. The quantitative estimate of drug-likeness (QED) is 0.709. The summed E-state index contributed by atoms with van der Waals surface area (Å²) in [5, 5.41) is 11.8. The smallest absolute Gasteiger partial charge is 1.00 e. The molecule has 2 rings (SSSR count). The van der Waals surface area contributed by atoms with Crippen molar-refractivity contribution in [3.05, 3.63) is 47.0 Å². The van der Waals surface area contributed by atoms with Gasteiger partial charge in [-0.1, -0.05) is 64.1 Å². The second-order valence-corrected chi connectivity index (χ2v) is 5.10. The Morgan fingerprint density at radius 3 is 1.50 bits per heavy atom. The standard InChI is InChI=1S/C16H20N2.ClH.Sb/c1-11(2)17-14-9-5-7-13-8-6-10-15(16(13)14)18-12(3)4;;/h5-12H,1-4H3;1H;/q-2;;+3/p-1. The van der Waals surface area contributed by atoms with E-state index in [9.17, 15) is 0 Å². The fraction of sp³-hybridized carbons (Fsp3) is 0.375. The Balaban J connectivity index is 0.00000180. The van der Waals surface area contributed by atoms with Gasteiger partial charge in [0.2, 0.25) is 0 Å². The number of hydrogen-bond acceptors (Lipinski definition) is 0. The van der Waals surface area contributed by atoms with Crippen LogP contribution in [0.15, 0.2) is 36.4 Å². The van der Waals surface area contributed by atoms with Gasteiger partial charge in [0.05, 0.1) is 0 Å². The number of benzene rings is 2. The molecule has 0 aliphatic carbocycles. The van der Waals surface area contributed by atoms with Gasteiger partial charge in [0.25, 0.3) is 0 Å². The molecule has 0 aliphatic heterocycles. The van der Waals surface area contributed by atoms with Crippen molar-refractivity contribution in [3.63, 3.8) is 0 Å². The van der Waals surface area contributed by atoms with E-state index in [1.165, 1.54) is 10.8 Å². The molecule has 2 aromatic carbocycles. The Bertz CT molecular complexity index is 496. The van der Waals surface area contributed by atoms with Crippen LogP contribution in [0.1, 0.15) is 27.7 Å². The van der Waals surface area contributed by atoms with Crippen molar-refractivity contribution >= 4 is 46.6 Å². The van der Waals surface area contributed by atoms with Crippen molar-refractivity contribution in [2.75, 3.05) is 0 Å². The predicted octanol–water partition coefficient (Wildman–Crippen LogP) is 2.29. The molecule has 0 spiro atoms. The second kappa shape index (κ2) is 8.64. The van der Waals surface area contributed by atoms with E-state index in [1.54, 1.807) is 0 Å². The first-order chi connectivity index (χ1) is 8.58. The molecule has 0 saturated carbocycles. The van der Waals surface area contributed by atoms with Crippen LogP contribution in [0.3, 0.4) is 0 Å². The van der Waals surface area contributed by atoms with Crippen LogP contribution in [0, 0.1) is 0 Å². The fourth-order valence-corrected chi connectivity index (χ4v) is 2.07. The van der Waals surface area contributed by atoms with Crippen LogP contribution in [0.5, 0.6) is 0 Å². The molecule has 0 atom stereocenters. The minimum atomic E-state index is 0. The Kier molecular flexibility index (Phi) is 8.39. The molecular weight excluding hydrogens is 377 g/mol. The molecule has 0 saturated heterocycles. The third-order valence-electron chi connectivity index (χ3n) is 2.66. The summed E-state index contributed by atoms with van der Waals surface area (Å²) < 4.78 is 0. The van der Waals surface area contributed by atoms with Gasteiger partial charge in [-0.25, -0.2) is 0 Å². The largest absolute Gasteiger partial charge is 3.00 e. The van der Waals surface area contributed by atoms with Crippen LogP contribution in [-0.2, 0) is 0 Å². The maximum Gasteiger partial charge on any atom is 3.00 e. The van der Waals surface area contributed by atoms with Crippen LogP contribution in [0.2, 0.25) is 0 Å².